The van der Waals surface area contributed by atoms with Crippen LogP contribution in [0.5, 0.6) is 0 Å². The molecule has 4 rings (SSSR count). The Balaban J connectivity index is 1.52. The number of H-pyrrole nitrogens is 2. The van der Waals surface area contributed by atoms with Gasteiger partial charge in [-0.25, -0.2) is 9.97 Å². The highest BCUT2D eigenvalue weighted by molar-refractivity contribution is 5.45. The fourth-order valence-electron chi connectivity index (χ4n) is 3.27. The molecule has 0 fully saturated rings. The number of hydrogen-bond acceptors (Lipinski definition) is 2. The first-order valence-corrected chi connectivity index (χ1v) is 8.86. The number of nitrogens with zero attached hydrogens (tertiary/aromatic N) is 2. The largest absolute Gasteiger partial charge is 0.339 e. The first-order valence-electron chi connectivity index (χ1n) is 8.86. The Morgan fingerprint density at radius 3 is 1.88 bits per heavy atom. The number of hydrogen-bond donors (Lipinski definition) is 2. The summed E-state index contributed by atoms with van der Waals surface area (Å²) in [5, 5.41) is 0. The van der Waals surface area contributed by atoms with Gasteiger partial charge in [-0.1, -0.05) is 48.5 Å². The average molecular weight is 342 g/mol. The average Bonchev–Trinajstić information content (AvgIpc) is 3.28. The number of rotatable bonds is 5. The van der Waals surface area contributed by atoms with Gasteiger partial charge in [0.25, 0.3) is 0 Å². The van der Waals surface area contributed by atoms with Crippen molar-refractivity contribution in [3.05, 3.63) is 94.6 Å². The van der Waals surface area contributed by atoms with E-state index in [-0.39, 0.29) is 0 Å². The Hall–Kier alpha value is -3.14. The van der Waals surface area contributed by atoms with Crippen LogP contribution in [-0.2, 0) is 12.8 Å². The molecule has 0 atom stereocenters. The van der Waals surface area contributed by atoms with Gasteiger partial charge >= 0.3 is 0 Å². The van der Waals surface area contributed by atoms with Crippen molar-refractivity contribution in [3.63, 3.8) is 0 Å². The fraction of sp³-hybridized carbons (Fsp3) is 0.182. The van der Waals surface area contributed by atoms with Crippen LogP contribution in [0.2, 0.25) is 0 Å². The third-order valence-electron chi connectivity index (χ3n) is 4.73. The van der Waals surface area contributed by atoms with Gasteiger partial charge in [-0.2, -0.15) is 0 Å². The Morgan fingerprint density at radius 1 is 0.692 bits per heavy atom. The lowest BCUT2D eigenvalue weighted by Gasteiger charge is -2.07. The van der Waals surface area contributed by atoms with E-state index in [1.807, 2.05) is 18.5 Å². The van der Waals surface area contributed by atoms with Crippen molar-refractivity contribution in [1.29, 1.82) is 0 Å². The maximum absolute atomic E-state index is 4.51. The molecule has 2 heterocycles. The normalized spacial score (nSPS) is 11.0. The van der Waals surface area contributed by atoms with Gasteiger partial charge in [0.2, 0.25) is 0 Å². The number of nitrogens with one attached hydrogen (secondary N) is 2. The molecule has 0 aliphatic rings. The molecule has 26 heavy (non-hydrogen) atoms. The van der Waals surface area contributed by atoms with E-state index in [2.05, 4.69) is 76.2 Å². The summed E-state index contributed by atoms with van der Waals surface area (Å²) in [7, 11) is 0. The van der Waals surface area contributed by atoms with Gasteiger partial charge in [-0.05, 0) is 36.1 Å². The minimum absolute atomic E-state index is 0.781. The van der Waals surface area contributed by atoms with Crippen LogP contribution in [0.15, 0.2) is 60.9 Å². The molecule has 0 spiro atoms. The number of aromatic amines is 2. The van der Waals surface area contributed by atoms with Crippen molar-refractivity contribution >= 4 is 0 Å². The topological polar surface area (TPSA) is 57.4 Å². The molecule has 4 aromatic rings. The van der Waals surface area contributed by atoms with E-state index < -0.39 is 0 Å². The molecule has 0 bridgehead atoms. The quantitative estimate of drug-likeness (QED) is 0.557. The zero-order valence-electron chi connectivity index (χ0n) is 15.1. The summed E-state index contributed by atoms with van der Waals surface area (Å²) in [6.45, 7) is 4.31. The standard InChI is InChI=1S/C22H22N4/c1-15-7-6-8-16(2)20(15)12-19-14-24-22(26-19)21-23-13-18(25-21)11-17-9-4-3-5-10-17/h3-10,13-14H,11-12H2,1-2H3,(H,23,25)(H,24,26). The lowest BCUT2D eigenvalue weighted by atomic mass is 9.99. The highest BCUT2D eigenvalue weighted by Gasteiger charge is 2.10. The Kier molecular flexibility index (Phi) is 4.40. The maximum atomic E-state index is 4.51. The second kappa shape index (κ2) is 7.00. The molecular weight excluding hydrogens is 320 g/mol. The molecular formula is C22H22N4. The smallest absolute Gasteiger partial charge is 0.173 e. The third-order valence-corrected chi connectivity index (χ3v) is 4.73. The summed E-state index contributed by atoms with van der Waals surface area (Å²) < 4.78 is 0. The molecule has 2 N–H and O–H groups in total. The van der Waals surface area contributed by atoms with E-state index in [4.69, 9.17) is 0 Å². The molecule has 4 nitrogen and oxygen atoms in total. The van der Waals surface area contributed by atoms with Gasteiger partial charge in [0, 0.05) is 36.6 Å². The van der Waals surface area contributed by atoms with Crippen molar-refractivity contribution in [2.24, 2.45) is 0 Å². The summed E-state index contributed by atoms with van der Waals surface area (Å²) in [6.07, 6.45) is 5.48. The van der Waals surface area contributed by atoms with Crippen molar-refractivity contribution in [3.8, 4) is 11.6 Å². The predicted molar refractivity (Wildman–Crippen MR) is 104 cm³/mol. The second-order valence-electron chi connectivity index (χ2n) is 6.72. The Labute approximate surface area is 153 Å². The van der Waals surface area contributed by atoms with Crippen LogP contribution in [0.4, 0.5) is 0 Å². The first kappa shape index (κ1) is 16.3. The van der Waals surface area contributed by atoms with Crippen LogP contribution >= 0.6 is 0 Å². The number of aromatic nitrogens is 4. The monoisotopic (exact) mass is 342 g/mol. The highest BCUT2D eigenvalue weighted by atomic mass is 15.0. The van der Waals surface area contributed by atoms with E-state index in [1.54, 1.807) is 0 Å². The second-order valence-corrected chi connectivity index (χ2v) is 6.72. The molecule has 0 aliphatic heterocycles. The minimum atomic E-state index is 0.781. The van der Waals surface area contributed by atoms with E-state index in [0.29, 0.717) is 0 Å². The molecule has 0 saturated heterocycles. The van der Waals surface area contributed by atoms with Gasteiger partial charge < -0.3 is 9.97 Å². The number of imidazole rings is 2. The molecule has 4 heteroatoms. The van der Waals surface area contributed by atoms with Crippen LogP contribution in [0.1, 0.15) is 33.6 Å². The van der Waals surface area contributed by atoms with E-state index in [9.17, 15) is 0 Å². The lowest BCUT2D eigenvalue weighted by molar-refractivity contribution is 1.06. The van der Waals surface area contributed by atoms with Gasteiger partial charge in [-0.3, -0.25) is 0 Å². The van der Waals surface area contributed by atoms with E-state index in [0.717, 1.165) is 35.9 Å². The molecule has 2 aromatic heterocycles. The zero-order valence-corrected chi connectivity index (χ0v) is 15.1. The maximum Gasteiger partial charge on any atom is 0.173 e. The summed E-state index contributed by atoms with van der Waals surface area (Å²) in [4.78, 5) is 15.8. The zero-order chi connectivity index (χ0) is 17.9. The summed E-state index contributed by atoms with van der Waals surface area (Å²) >= 11 is 0. The van der Waals surface area contributed by atoms with Crippen molar-refractivity contribution in [2.75, 3.05) is 0 Å². The number of benzene rings is 2. The highest BCUT2D eigenvalue weighted by Crippen LogP contribution is 2.19. The summed E-state index contributed by atoms with van der Waals surface area (Å²) in [6, 6.07) is 16.8. The van der Waals surface area contributed by atoms with E-state index in [1.165, 1.54) is 22.3 Å². The van der Waals surface area contributed by atoms with Gasteiger partial charge in [0.15, 0.2) is 11.6 Å². The van der Waals surface area contributed by atoms with Crippen LogP contribution in [-0.4, -0.2) is 19.9 Å². The van der Waals surface area contributed by atoms with Crippen LogP contribution in [0.25, 0.3) is 11.6 Å². The number of aryl methyl sites for hydroxylation is 2. The van der Waals surface area contributed by atoms with Crippen molar-refractivity contribution in [1.82, 2.24) is 19.9 Å². The third kappa shape index (κ3) is 3.45. The van der Waals surface area contributed by atoms with Crippen LogP contribution in [0, 0.1) is 13.8 Å². The molecule has 0 unspecified atom stereocenters. The molecule has 2 aromatic carbocycles. The lowest BCUT2D eigenvalue weighted by Crippen LogP contribution is -1.95. The predicted octanol–water partition coefficient (Wildman–Crippen LogP) is 4.60. The molecule has 0 saturated carbocycles. The van der Waals surface area contributed by atoms with Gasteiger partial charge in [0.05, 0.1) is 0 Å². The molecule has 0 amide bonds. The molecule has 0 radical (unpaired) electrons. The van der Waals surface area contributed by atoms with Gasteiger partial charge in [0.1, 0.15) is 0 Å². The Morgan fingerprint density at radius 2 is 1.27 bits per heavy atom. The van der Waals surface area contributed by atoms with Crippen molar-refractivity contribution < 1.29 is 0 Å². The molecule has 130 valence electrons. The van der Waals surface area contributed by atoms with Crippen LogP contribution in [0.3, 0.4) is 0 Å². The summed E-state index contributed by atoms with van der Waals surface area (Å²) in [5.41, 5.74) is 7.41. The molecule has 0 aliphatic carbocycles. The van der Waals surface area contributed by atoms with E-state index >= 15 is 0 Å². The SMILES string of the molecule is Cc1cccc(C)c1Cc1cnc(-c2ncc(Cc3ccccc3)[nH]2)[nH]1. The van der Waals surface area contributed by atoms with Crippen LogP contribution < -0.4 is 0 Å². The minimum Gasteiger partial charge on any atom is -0.339 e. The van der Waals surface area contributed by atoms with Gasteiger partial charge in [-0.15, -0.1) is 0 Å². The summed E-state index contributed by atoms with van der Waals surface area (Å²) in [5.74, 6) is 1.56. The Bertz CT molecular complexity index is 991. The first-order chi connectivity index (χ1) is 12.7. The van der Waals surface area contributed by atoms with Crippen molar-refractivity contribution in [2.45, 2.75) is 26.7 Å². The fourth-order valence-corrected chi connectivity index (χ4v) is 3.27.